The lowest BCUT2D eigenvalue weighted by atomic mass is 10.2. The summed E-state index contributed by atoms with van der Waals surface area (Å²) in [6, 6.07) is 27.0. The summed E-state index contributed by atoms with van der Waals surface area (Å²) >= 11 is 3.59. The largest absolute Gasteiger partial charge is 0.480 e. The molecule has 0 aliphatic heterocycles. The Balaban J connectivity index is 1.84. The van der Waals surface area contributed by atoms with Crippen LogP contribution < -0.4 is 14.4 Å². The van der Waals surface area contributed by atoms with E-state index in [1.807, 2.05) is 30.3 Å². The third kappa shape index (κ3) is 6.88. The molecule has 0 saturated carbocycles. The molecular weight excluding hydrogens is 422 g/mol. The van der Waals surface area contributed by atoms with Gasteiger partial charge in [0.25, 0.3) is 0 Å². The number of benzene rings is 3. The van der Waals surface area contributed by atoms with E-state index in [0.717, 1.165) is 40.1 Å². The maximum absolute atomic E-state index is 6.00. The molecule has 2 unspecified atom stereocenters. The van der Waals surface area contributed by atoms with E-state index in [9.17, 15) is 0 Å². The molecule has 3 nitrogen and oxygen atoms in total. The van der Waals surface area contributed by atoms with Crippen LogP contribution in [0.5, 0.6) is 11.5 Å². The number of para-hydroxylation sites is 1. The molecule has 0 saturated heterocycles. The van der Waals surface area contributed by atoms with Gasteiger partial charge in [-0.1, -0.05) is 32.0 Å². The van der Waals surface area contributed by atoms with Gasteiger partial charge in [0.2, 0.25) is 0 Å². The monoisotopic (exact) mass is 453 g/mol. The summed E-state index contributed by atoms with van der Waals surface area (Å²) in [6.07, 6.45) is 0. The molecule has 31 heavy (non-hydrogen) atoms. The molecule has 0 aliphatic rings. The predicted molar refractivity (Wildman–Crippen MR) is 138 cm³/mol. The van der Waals surface area contributed by atoms with E-state index in [2.05, 4.69) is 81.1 Å². The molecule has 0 spiro atoms. The highest BCUT2D eigenvalue weighted by molar-refractivity contribution is 7.99. The van der Waals surface area contributed by atoms with Gasteiger partial charge >= 0.3 is 0 Å². The fourth-order valence-electron chi connectivity index (χ4n) is 3.29. The first-order valence-corrected chi connectivity index (χ1v) is 12.8. The van der Waals surface area contributed by atoms with E-state index in [4.69, 9.17) is 9.47 Å². The van der Waals surface area contributed by atoms with Crippen LogP contribution in [0, 0.1) is 0 Å². The maximum atomic E-state index is 6.00. The standard InChI is InChI=1S/C26H31NO2S2/c1-5-30-20(3)28-25-16-12-23(13-17-25)27(22-10-8-7-9-11-22)24-14-18-26(19-15-24)29-21(4)31-6-2/h7-21H,5-6H2,1-4H3. The smallest absolute Gasteiger partial charge is 0.141 e. The van der Waals surface area contributed by atoms with Crippen LogP contribution in [-0.4, -0.2) is 22.4 Å². The first-order valence-electron chi connectivity index (χ1n) is 10.7. The molecule has 0 aromatic heterocycles. The molecule has 3 aromatic carbocycles. The zero-order valence-electron chi connectivity index (χ0n) is 18.7. The van der Waals surface area contributed by atoms with Gasteiger partial charge in [0.05, 0.1) is 0 Å². The second-order valence-electron chi connectivity index (χ2n) is 6.94. The van der Waals surface area contributed by atoms with Crippen molar-refractivity contribution in [2.24, 2.45) is 0 Å². The number of hydrogen-bond acceptors (Lipinski definition) is 5. The molecular formula is C26H31NO2S2. The number of thioether (sulfide) groups is 2. The average molecular weight is 454 g/mol. The highest BCUT2D eigenvalue weighted by Gasteiger charge is 2.13. The predicted octanol–water partition coefficient (Wildman–Crippen LogP) is 8.11. The van der Waals surface area contributed by atoms with Crippen LogP contribution >= 0.6 is 23.5 Å². The van der Waals surface area contributed by atoms with Gasteiger partial charge in [-0.25, -0.2) is 0 Å². The third-order valence-electron chi connectivity index (χ3n) is 4.61. The van der Waals surface area contributed by atoms with Gasteiger partial charge in [-0.05, 0) is 86.0 Å². The Hall–Kier alpha value is -2.24. The summed E-state index contributed by atoms with van der Waals surface area (Å²) in [5.41, 5.74) is 3.55. The molecule has 0 aliphatic carbocycles. The summed E-state index contributed by atoms with van der Waals surface area (Å²) < 4.78 is 12.0. The Labute approximate surface area is 195 Å². The third-order valence-corrected chi connectivity index (χ3v) is 6.41. The topological polar surface area (TPSA) is 21.7 Å². The van der Waals surface area contributed by atoms with E-state index >= 15 is 0 Å². The molecule has 2 atom stereocenters. The number of nitrogens with zero attached hydrogens (tertiary/aromatic N) is 1. The molecule has 5 heteroatoms. The molecule has 0 heterocycles. The maximum Gasteiger partial charge on any atom is 0.141 e. The Morgan fingerprint density at radius 2 is 1.00 bits per heavy atom. The lowest BCUT2D eigenvalue weighted by Gasteiger charge is -2.26. The van der Waals surface area contributed by atoms with Gasteiger partial charge in [-0.2, -0.15) is 0 Å². The van der Waals surface area contributed by atoms with Crippen molar-refractivity contribution < 1.29 is 9.47 Å². The fraction of sp³-hybridized carbons (Fsp3) is 0.308. The highest BCUT2D eigenvalue weighted by Crippen LogP contribution is 2.36. The summed E-state index contributed by atoms with van der Waals surface area (Å²) in [5, 5.41) is 0. The van der Waals surface area contributed by atoms with E-state index in [1.54, 1.807) is 23.5 Å². The molecule has 0 N–H and O–H groups in total. The highest BCUT2D eigenvalue weighted by atomic mass is 32.2. The summed E-state index contributed by atoms with van der Waals surface area (Å²) in [7, 11) is 0. The van der Waals surface area contributed by atoms with Crippen molar-refractivity contribution in [3.05, 3.63) is 78.9 Å². The van der Waals surface area contributed by atoms with Gasteiger partial charge < -0.3 is 14.4 Å². The van der Waals surface area contributed by atoms with Crippen LogP contribution in [0.25, 0.3) is 0 Å². The first-order chi connectivity index (χ1) is 15.1. The summed E-state index contributed by atoms with van der Waals surface area (Å²) in [6.45, 7) is 8.46. The van der Waals surface area contributed by atoms with Crippen molar-refractivity contribution in [2.45, 2.75) is 38.6 Å². The van der Waals surface area contributed by atoms with Crippen molar-refractivity contribution >= 4 is 40.6 Å². The van der Waals surface area contributed by atoms with Gasteiger partial charge in [0.15, 0.2) is 0 Å². The van der Waals surface area contributed by atoms with Crippen LogP contribution in [0.4, 0.5) is 17.1 Å². The molecule has 3 rings (SSSR count). The second kappa shape index (κ2) is 12.0. The number of anilines is 3. The van der Waals surface area contributed by atoms with Crippen molar-refractivity contribution in [3.8, 4) is 11.5 Å². The van der Waals surface area contributed by atoms with Crippen LogP contribution in [-0.2, 0) is 0 Å². The quantitative estimate of drug-likeness (QED) is 0.273. The van der Waals surface area contributed by atoms with Crippen LogP contribution in [0.2, 0.25) is 0 Å². The lowest BCUT2D eigenvalue weighted by molar-refractivity contribution is 0.308. The second-order valence-corrected chi connectivity index (χ2v) is 10.1. The molecule has 0 fully saturated rings. The molecule has 3 aromatic rings. The minimum atomic E-state index is 0.141. The van der Waals surface area contributed by atoms with Gasteiger partial charge in [0.1, 0.15) is 22.4 Å². The van der Waals surface area contributed by atoms with E-state index in [-0.39, 0.29) is 10.9 Å². The van der Waals surface area contributed by atoms with Gasteiger partial charge in [0, 0.05) is 17.1 Å². The first kappa shape index (κ1) is 23.4. The van der Waals surface area contributed by atoms with Crippen LogP contribution in [0.1, 0.15) is 27.7 Å². The van der Waals surface area contributed by atoms with Crippen molar-refractivity contribution in [1.29, 1.82) is 0 Å². The van der Waals surface area contributed by atoms with Crippen molar-refractivity contribution in [2.75, 3.05) is 16.4 Å². The summed E-state index contributed by atoms with van der Waals surface area (Å²) in [4.78, 5) is 2.24. The fourth-order valence-corrected chi connectivity index (χ4v) is 4.59. The number of hydrogen-bond donors (Lipinski definition) is 0. The molecule has 0 radical (unpaired) electrons. The van der Waals surface area contributed by atoms with Gasteiger partial charge in [-0.15, -0.1) is 23.5 Å². The minimum Gasteiger partial charge on any atom is -0.480 e. The van der Waals surface area contributed by atoms with E-state index in [0.29, 0.717) is 0 Å². The average Bonchev–Trinajstić information content (AvgIpc) is 2.77. The van der Waals surface area contributed by atoms with E-state index < -0.39 is 0 Å². The molecule has 0 amide bonds. The Morgan fingerprint density at radius 1 is 0.613 bits per heavy atom. The Bertz CT molecular complexity index is 843. The normalized spacial score (nSPS) is 12.8. The Morgan fingerprint density at radius 3 is 1.39 bits per heavy atom. The van der Waals surface area contributed by atoms with Crippen LogP contribution in [0.15, 0.2) is 78.9 Å². The zero-order chi connectivity index (χ0) is 22.1. The Kier molecular flexibility index (Phi) is 9.04. The van der Waals surface area contributed by atoms with Gasteiger partial charge in [-0.3, -0.25) is 0 Å². The van der Waals surface area contributed by atoms with Crippen molar-refractivity contribution in [1.82, 2.24) is 0 Å². The van der Waals surface area contributed by atoms with E-state index in [1.165, 1.54) is 0 Å². The SMILES string of the molecule is CCSC(C)Oc1ccc(N(c2ccccc2)c2ccc(OC(C)SCC)cc2)cc1. The number of rotatable bonds is 11. The number of ether oxygens (including phenoxy) is 2. The molecule has 164 valence electrons. The zero-order valence-corrected chi connectivity index (χ0v) is 20.3. The lowest BCUT2D eigenvalue weighted by Crippen LogP contribution is -2.11. The van der Waals surface area contributed by atoms with Crippen LogP contribution in [0.3, 0.4) is 0 Å². The summed E-state index contributed by atoms with van der Waals surface area (Å²) in [5.74, 6) is 3.85. The molecule has 0 bridgehead atoms. The van der Waals surface area contributed by atoms with Crippen molar-refractivity contribution in [3.63, 3.8) is 0 Å². The minimum absolute atomic E-state index is 0.141.